The Labute approximate surface area is 109 Å². The van der Waals surface area contributed by atoms with Crippen molar-refractivity contribution in [3.8, 4) is 0 Å². The predicted molar refractivity (Wildman–Crippen MR) is 71.6 cm³/mol. The summed E-state index contributed by atoms with van der Waals surface area (Å²) in [6.07, 6.45) is 6.09. The van der Waals surface area contributed by atoms with Gasteiger partial charge in [0.25, 0.3) is 0 Å². The van der Waals surface area contributed by atoms with E-state index in [2.05, 4.69) is 23.5 Å². The van der Waals surface area contributed by atoms with Crippen LogP contribution in [-0.4, -0.2) is 43.8 Å². The summed E-state index contributed by atoms with van der Waals surface area (Å²) in [6, 6.07) is 0.304. The molecule has 1 atom stereocenters. The molecule has 104 valence electrons. The van der Waals surface area contributed by atoms with E-state index in [-0.39, 0.29) is 0 Å². The molecule has 1 aromatic heterocycles. The third-order valence-electron chi connectivity index (χ3n) is 2.84. The summed E-state index contributed by atoms with van der Waals surface area (Å²) in [4.78, 5) is 0. The molecule has 0 saturated heterocycles. The average molecular weight is 255 g/mol. The quantitative estimate of drug-likeness (QED) is 0.645. The van der Waals surface area contributed by atoms with Crippen molar-refractivity contribution in [2.45, 2.75) is 32.4 Å². The maximum atomic E-state index is 5.49. The van der Waals surface area contributed by atoms with Gasteiger partial charge in [0.05, 0.1) is 19.4 Å². The van der Waals surface area contributed by atoms with Crippen LogP contribution in [0.3, 0.4) is 0 Å². The van der Waals surface area contributed by atoms with Crippen molar-refractivity contribution in [2.75, 3.05) is 34.0 Å². The van der Waals surface area contributed by atoms with Crippen molar-refractivity contribution in [3.63, 3.8) is 0 Å². The maximum Gasteiger partial charge on any atom is 0.0700 e. The zero-order chi connectivity index (χ0) is 13.2. The monoisotopic (exact) mass is 255 g/mol. The molecule has 1 N–H and O–H groups in total. The van der Waals surface area contributed by atoms with E-state index in [9.17, 15) is 0 Å². The molecular weight excluding hydrogens is 230 g/mol. The predicted octanol–water partition coefficient (Wildman–Crippen LogP) is 1.61. The van der Waals surface area contributed by atoms with Crippen molar-refractivity contribution in [1.82, 2.24) is 15.1 Å². The SMILES string of the molecule is CCCn1cc(C(CCOCCOC)NC)cn1. The molecule has 5 nitrogen and oxygen atoms in total. The zero-order valence-corrected chi connectivity index (χ0v) is 11.7. The van der Waals surface area contributed by atoms with Gasteiger partial charge in [0.2, 0.25) is 0 Å². The largest absolute Gasteiger partial charge is 0.382 e. The second-order valence-electron chi connectivity index (χ2n) is 4.27. The van der Waals surface area contributed by atoms with Crippen LogP contribution in [0.4, 0.5) is 0 Å². The van der Waals surface area contributed by atoms with Crippen LogP contribution in [0.25, 0.3) is 0 Å². The van der Waals surface area contributed by atoms with Crippen LogP contribution in [-0.2, 0) is 16.0 Å². The zero-order valence-electron chi connectivity index (χ0n) is 11.7. The minimum Gasteiger partial charge on any atom is -0.382 e. The van der Waals surface area contributed by atoms with Crippen molar-refractivity contribution < 1.29 is 9.47 Å². The molecule has 5 heteroatoms. The molecule has 0 bridgehead atoms. The number of hydrogen-bond acceptors (Lipinski definition) is 4. The number of rotatable bonds is 10. The molecule has 0 aromatic carbocycles. The van der Waals surface area contributed by atoms with Gasteiger partial charge in [-0.05, 0) is 19.9 Å². The lowest BCUT2D eigenvalue weighted by atomic mass is 10.1. The van der Waals surface area contributed by atoms with Gasteiger partial charge < -0.3 is 14.8 Å². The number of nitrogens with zero attached hydrogens (tertiary/aromatic N) is 2. The minimum atomic E-state index is 0.304. The molecule has 1 rings (SSSR count). The molecule has 1 unspecified atom stereocenters. The van der Waals surface area contributed by atoms with Crippen LogP contribution in [0.2, 0.25) is 0 Å². The van der Waals surface area contributed by atoms with Crippen molar-refractivity contribution >= 4 is 0 Å². The van der Waals surface area contributed by atoms with E-state index in [1.54, 1.807) is 7.11 Å². The van der Waals surface area contributed by atoms with Crippen LogP contribution >= 0.6 is 0 Å². The average Bonchev–Trinajstić information content (AvgIpc) is 2.83. The number of aromatic nitrogens is 2. The van der Waals surface area contributed by atoms with Crippen LogP contribution < -0.4 is 5.32 Å². The highest BCUT2D eigenvalue weighted by Gasteiger charge is 2.11. The lowest BCUT2D eigenvalue weighted by Crippen LogP contribution is -2.18. The Morgan fingerprint density at radius 3 is 2.89 bits per heavy atom. The fourth-order valence-electron chi connectivity index (χ4n) is 1.83. The van der Waals surface area contributed by atoms with E-state index in [0.717, 1.165) is 26.0 Å². The first kappa shape index (κ1) is 15.1. The van der Waals surface area contributed by atoms with Crippen LogP contribution in [0.15, 0.2) is 12.4 Å². The van der Waals surface area contributed by atoms with E-state index in [1.807, 2.05) is 17.9 Å². The van der Waals surface area contributed by atoms with E-state index < -0.39 is 0 Å². The third kappa shape index (κ3) is 5.16. The summed E-state index contributed by atoms with van der Waals surface area (Å²) in [6.45, 7) is 5.16. The van der Waals surface area contributed by atoms with Gasteiger partial charge in [-0.2, -0.15) is 5.10 Å². The summed E-state index contributed by atoms with van der Waals surface area (Å²) < 4.78 is 12.4. The highest BCUT2D eigenvalue weighted by molar-refractivity contribution is 5.10. The molecule has 18 heavy (non-hydrogen) atoms. The van der Waals surface area contributed by atoms with Gasteiger partial charge in [0, 0.05) is 38.1 Å². The molecule has 0 radical (unpaired) electrons. The first-order valence-electron chi connectivity index (χ1n) is 6.58. The van der Waals surface area contributed by atoms with Gasteiger partial charge in [-0.1, -0.05) is 6.92 Å². The first-order chi connectivity index (χ1) is 8.81. The third-order valence-corrected chi connectivity index (χ3v) is 2.84. The summed E-state index contributed by atoms with van der Waals surface area (Å²) >= 11 is 0. The van der Waals surface area contributed by atoms with E-state index in [4.69, 9.17) is 9.47 Å². The molecule has 0 amide bonds. The summed E-state index contributed by atoms with van der Waals surface area (Å²) in [5, 5.41) is 7.65. The highest BCUT2D eigenvalue weighted by Crippen LogP contribution is 2.15. The second kappa shape index (κ2) is 9.08. The first-order valence-corrected chi connectivity index (χ1v) is 6.58. The van der Waals surface area contributed by atoms with E-state index in [0.29, 0.717) is 19.3 Å². The Morgan fingerprint density at radius 2 is 2.22 bits per heavy atom. The number of methoxy groups -OCH3 is 1. The summed E-state index contributed by atoms with van der Waals surface area (Å²) in [5.74, 6) is 0. The lowest BCUT2D eigenvalue weighted by molar-refractivity contribution is 0.0661. The lowest BCUT2D eigenvalue weighted by Gasteiger charge is -2.14. The molecule has 0 aliphatic carbocycles. The van der Waals surface area contributed by atoms with Gasteiger partial charge in [-0.3, -0.25) is 4.68 Å². The molecule has 1 heterocycles. The van der Waals surface area contributed by atoms with Crippen LogP contribution in [0, 0.1) is 0 Å². The second-order valence-corrected chi connectivity index (χ2v) is 4.27. The van der Waals surface area contributed by atoms with Gasteiger partial charge in [0.1, 0.15) is 0 Å². The highest BCUT2D eigenvalue weighted by atomic mass is 16.5. The molecule has 0 spiro atoms. The maximum absolute atomic E-state index is 5.49. The van der Waals surface area contributed by atoms with Crippen LogP contribution in [0.5, 0.6) is 0 Å². The Hall–Kier alpha value is -0.910. The Morgan fingerprint density at radius 1 is 1.39 bits per heavy atom. The molecule has 0 aliphatic heterocycles. The number of aryl methyl sites for hydroxylation is 1. The van der Waals surface area contributed by atoms with Crippen molar-refractivity contribution in [1.29, 1.82) is 0 Å². The number of nitrogens with one attached hydrogen (secondary N) is 1. The fraction of sp³-hybridized carbons (Fsp3) is 0.769. The van der Waals surface area contributed by atoms with Crippen molar-refractivity contribution in [3.05, 3.63) is 18.0 Å². The molecule has 0 aliphatic rings. The smallest absolute Gasteiger partial charge is 0.0700 e. The summed E-state index contributed by atoms with van der Waals surface area (Å²) in [7, 11) is 3.65. The van der Waals surface area contributed by atoms with Gasteiger partial charge >= 0.3 is 0 Å². The Kier molecular flexibility index (Phi) is 7.64. The van der Waals surface area contributed by atoms with Gasteiger partial charge in [-0.25, -0.2) is 0 Å². The van der Waals surface area contributed by atoms with Gasteiger partial charge in [-0.15, -0.1) is 0 Å². The number of ether oxygens (including phenoxy) is 2. The van der Waals surface area contributed by atoms with E-state index in [1.165, 1.54) is 5.56 Å². The molecule has 1 aromatic rings. The van der Waals surface area contributed by atoms with Crippen LogP contribution in [0.1, 0.15) is 31.4 Å². The minimum absolute atomic E-state index is 0.304. The van der Waals surface area contributed by atoms with Crippen molar-refractivity contribution in [2.24, 2.45) is 0 Å². The summed E-state index contributed by atoms with van der Waals surface area (Å²) in [5.41, 5.74) is 1.22. The standard InChI is InChI=1S/C13H25N3O2/c1-4-6-16-11-12(10-15-16)13(14-2)5-7-18-9-8-17-3/h10-11,13-14H,4-9H2,1-3H3. The topological polar surface area (TPSA) is 48.3 Å². The van der Waals surface area contributed by atoms with Gasteiger partial charge in [0.15, 0.2) is 0 Å². The fourth-order valence-corrected chi connectivity index (χ4v) is 1.83. The Balaban J connectivity index is 2.34. The normalized spacial score (nSPS) is 12.8. The molecular formula is C13H25N3O2. The van der Waals surface area contributed by atoms with E-state index >= 15 is 0 Å². The molecule has 0 fully saturated rings. The molecule has 0 saturated carbocycles. The number of hydrogen-bond donors (Lipinski definition) is 1. The Bertz CT molecular complexity index is 315.